The Morgan fingerprint density at radius 1 is 1.43 bits per heavy atom. The van der Waals surface area contributed by atoms with E-state index in [0.29, 0.717) is 18.4 Å². The van der Waals surface area contributed by atoms with E-state index in [1.54, 1.807) is 12.1 Å². The second kappa shape index (κ2) is 6.67. The Morgan fingerprint density at radius 3 is 2.76 bits per heavy atom. The van der Waals surface area contributed by atoms with Gasteiger partial charge in [-0.05, 0) is 25.3 Å². The van der Waals surface area contributed by atoms with Crippen molar-refractivity contribution < 1.29 is 14.8 Å². The van der Waals surface area contributed by atoms with Crippen LogP contribution in [-0.2, 0) is 6.42 Å². The van der Waals surface area contributed by atoms with Crippen LogP contribution in [0.15, 0.2) is 18.2 Å². The molecule has 1 amide bonds. The molecule has 1 fully saturated rings. The number of hydrogen-bond acceptors (Lipinski definition) is 4. The SMILES string of the molecule is CCc1ccc(C(=O)NC2CCCCC2O)cc1[N+](=O)[O-]. The molecule has 2 N–H and O–H groups in total. The predicted octanol–water partition coefficient (Wildman–Crippen LogP) is 2.19. The smallest absolute Gasteiger partial charge is 0.273 e. The molecule has 0 radical (unpaired) electrons. The van der Waals surface area contributed by atoms with Crippen LogP contribution in [0.3, 0.4) is 0 Å². The summed E-state index contributed by atoms with van der Waals surface area (Å²) in [6, 6.07) is 4.25. The molecule has 114 valence electrons. The minimum absolute atomic E-state index is 0.0330. The molecule has 1 aliphatic rings. The molecule has 2 atom stereocenters. The molecule has 0 bridgehead atoms. The number of carbonyl (C=O) groups excluding carboxylic acids is 1. The Hall–Kier alpha value is -1.95. The van der Waals surface area contributed by atoms with Gasteiger partial charge in [0.2, 0.25) is 0 Å². The van der Waals surface area contributed by atoms with Gasteiger partial charge in [0.1, 0.15) is 0 Å². The van der Waals surface area contributed by atoms with Gasteiger partial charge in [-0.3, -0.25) is 14.9 Å². The first kappa shape index (κ1) is 15.4. The van der Waals surface area contributed by atoms with E-state index >= 15 is 0 Å². The maximum absolute atomic E-state index is 12.2. The van der Waals surface area contributed by atoms with Crippen LogP contribution in [0.25, 0.3) is 0 Å². The van der Waals surface area contributed by atoms with Crippen molar-refractivity contribution in [3.8, 4) is 0 Å². The number of nitrogens with one attached hydrogen (secondary N) is 1. The summed E-state index contributed by atoms with van der Waals surface area (Å²) in [5.74, 6) is -0.369. The number of aliphatic hydroxyl groups excluding tert-OH is 1. The molecule has 2 rings (SSSR count). The number of nitrogens with zero attached hydrogens (tertiary/aromatic N) is 1. The van der Waals surface area contributed by atoms with Crippen LogP contribution in [-0.4, -0.2) is 28.1 Å². The molecule has 0 saturated heterocycles. The number of benzene rings is 1. The van der Waals surface area contributed by atoms with Gasteiger partial charge in [0.05, 0.1) is 17.1 Å². The first-order valence-electron chi connectivity index (χ1n) is 7.29. The molecule has 0 spiro atoms. The van der Waals surface area contributed by atoms with Crippen LogP contribution in [0.2, 0.25) is 0 Å². The number of amides is 1. The second-order valence-electron chi connectivity index (χ2n) is 5.39. The van der Waals surface area contributed by atoms with E-state index in [-0.39, 0.29) is 23.2 Å². The summed E-state index contributed by atoms with van der Waals surface area (Å²) in [4.78, 5) is 22.8. The molecule has 1 aromatic rings. The highest BCUT2D eigenvalue weighted by molar-refractivity contribution is 5.95. The minimum atomic E-state index is -0.535. The Morgan fingerprint density at radius 2 is 2.14 bits per heavy atom. The first-order chi connectivity index (χ1) is 10.0. The summed E-state index contributed by atoms with van der Waals surface area (Å²) in [7, 11) is 0. The lowest BCUT2D eigenvalue weighted by Crippen LogP contribution is -2.45. The van der Waals surface area contributed by atoms with E-state index in [4.69, 9.17) is 0 Å². The van der Waals surface area contributed by atoms with Crippen molar-refractivity contribution in [2.45, 2.75) is 51.2 Å². The molecule has 0 aromatic heterocycles. The summed E-state index contributed by atoms with van der Waals surface area (Å²) in [6.07, 6.45) is 3.36. The fraction of sp³-hybridized carbons (Fsp3) is 0.533. The van der Waals surface area contributed by atoms with Crippen molar-refractivity contribution in [2.24, 2.45) is 0 Å². The lowest BCUT2D eigenvalue weighted by Gasteiger charge is -2.28. The molecule has 6 heteroatoms. The first-order valence-corrected chi connectivity index (χ1v) is 7.29. The number of nitro groups is 1. The Kier molecular flexibility index (Phi) is 4.90. The zero-order chi connectivity index (χ0) is 15.4. The normalized spacial score (nSPS) is 21.8. The number of aliphatic hydroxyl groups is 1. The van der Waals surface area contributed by atoms with Crippen LogP contribution in [0.1, 0.15) is 48.5 Å². The third-order valence-corrected chi connectivity index (χ3v) is 3.97. The molecule has 1 saturated carbocycles. The Labute approximate surface area is 123 Å². The van der Waals surface area contributed by atoms with Gasteiger partial charge in [0.15, 0.2) is 0 Å². The molecular weight excluding hydrogens is 272 g/mol. The third kappa shape index (κ3) is 3.58. The highest BCUT2D eigenvalue weighted by atomic mass is 16.6. The Bertz CT molecular complexity index is 544. The predicted molar refractivity (Wildman–Crippen MR) is 78.2 cm³/mol. The monoisotopic (exact) mass is 292 g/mol. The second-order valence-corrected chi connectivity index (χ2v) is 5.39. The summed E-state index contributed by atoms with van der Waals surface area (Å²) < 4.78 is 0. The van der Waals surface area contributed by atoms with Crippen molar-refractivity contribution in [2.75, 3.05) is 0 Å². The van der Waals surface area contributed by atoms with Gasteiger partial charge in [0, 0.05) is 17.2 Å². The quantitative estimate of drug-likeness (QED) is 0.657. The van der Waals surface area contributed by atoms with E-state index in [1.165, 1.54) is 6.07 Å². The van der Waals surface area contributed by atoms with E-state index in [2.05, 4.69) is 5.32 Å². The molecule has 21 heavy (non-hydrogen) atoms. The summed E-state index contributed by atoms with van der Waals surface area (Å²) in [5, 5.41) is 23.7. The van der Waals surface area contributed by atoms with E-state index in [9.17, 15) is 20.0 Å². The minimum Gasteiger partial charge on any atom is -0.391 e. The van der Waals surface area contributed by atoms with Gasteiger partial charge in [-0.25, -0.2) is 0 Å². The van der Waals surface area contributed by atoms with Gasteiger partial charge < -0.3 is 10.4 Å². The Balaban J connectivity index is 2.15. The van der Waals surface area contributed by atoms with E-state index in [1.807, 2.05) is 6.92 Å². The highest BCUT2D eigenvalue weighted by Gasteiger charge is 2.25. The van der Waals surface area contributed by atoms with Crippen molar-refractivity contribution in [1.29, 1.82) is 0 Å². The van der Waals surface area contributed by atoms with Crippen LogP contribution < -0.4 is 5.32 Å². The maximum Gasteiger partial charge on any atom is 0.273 e. The van der Waals surface area contributed by atoms with Crippen molar-refractivity contribution in [3.05, 3.63) is 39.4 Å². The number of rotatable bonds is 4. The van der Waals surface area contributed by atoms with Crippen LogP contribution >= 0.6 is 0 Å². The fourth-order valence-corrected chi connectivity index (χ4v) is 2.71. The van der Waals surface area contributed by atoms with E-state index < -0.39 is 11.0 Å². The summed E-state index contributed by atoms with van der Waals surface area (Å²) in [6.45, 7) is 1.83. The molecule has 0 aliphatic heterocycles. The zero-order valence-electron chi connectivity index (χ0n) is 12.0. The lowest BCUT2D eigenvalue weighted by molar-refractivity contribution is -0.385. The average molecular weight is 292 g/mol. The topological polar surface area (TPSA) is 92.5 Å². The molecule has 1 aromatic carbocycles. The number of aryl methyl sites for hydroxylation is 1. The lowest BCUT2D eigenvalue weighted by atomic mass is 9.92. The van der Waals surface area contributed by atoms with Crippen LogP contribution in [0.4, 0.5) is 5.69 Å². The summed E-state index contributed by atoms with van der Waals surface area (Å²) in [5.41, 5.74) is 0.834. The van der Waals surface area contributed by atoms with Gasteiger partial charge in [0.25, 0.3) is 11.6 Å². The average Bonchev–Trinajstić information content (AvgIpc) is 2.48. The molecular formula is C15H20N2O4. The molecule has 1 aliphatic carbocycles. The zero-order valence-corrected chi connectivity index (χ0v) is 12.0. The molecule has 2 unspecified atom stereocenters. The molecule has 0 heterocycles. The molecule has 6 nitrogen and oxygen atoms in total. The fourth-order valence-electron chi connectivity index (χ4n) is 2.71. The van der Waals surface area contributed by atoms with Crippen LogP contribution in [0, 0.1) is 10.1 Å². The van der Waals surface area contributed by atoms with Gasteiger partial charge >= 0.3 is 0 Å². The van der Waals surface area contributed by atoms with Crippen LogP contribution in [0.5, 0.6) is 0 Å². The third-order valence-electron chi connectivity index (χ3n) is 3.97. The van der Waals surface area contributed by atoms with Crippen molar-refractivity contribution in [3.63, 3.8) is 0 Å². The largest absolute Gasteiger partial charge is 0.391 e. The van der Waals surface area contributed by atoms with Gasteiger partial charge in [-0.2, -0.15) is 0 Å². The standard InChI is InChI=1S/C15H20N2O4/c1-2-10-7-8-11(9-13(10)17(20)21)15(19)16-12-5-3-4-6-14(12)18/h7-9,12,14,18H,2-6H2,1H3,(H,16,19). The van der Waals surface area contributed by atoms with E-state index in [0.717, 1.165) is 19.3 Å². The summed E-state index contributed by atoms with van der Waals surface area (Å²) >= 11 is 0. The van der Waals surface area contributed by atoms with Gasteiger partial charge in [-0.15, -0.1) is 0 Å². The maximum atomic E-state index is 12.2. The van der Waals surface area contributed by atoms with Crippen molar-refractivity contribution >= 4 is 11.6 Å². The van der Waals surface area contributed by atoms with Gasteiger partial charge in [-0.1, -0.05) is 25.8 Å². The highest BCUT2D eigenvalue weighted by Crippen LogP contribution is 2.22. The number of hydrogen-bond donors (Lipinski definition) is 2. The number of nitro benzene ring substituents is 1. The van der Waals surface area contributed by atoms with Crippen molar-refractivity contribution in [1.82, 2.24) is 5.32 Å². The number of carbonyl (C=O) groups is 1.